The van der Waals surface area contributed by atoms with Gasteiger partial charge in [0.25, 0.3) is 0 Å². The molecule has 1 fully saturated rings. The molecule has 4 heteroatoms. The molecule has 1 aliphatic heterocycles. The summed E-state index contributed by atoms with van der Waals surface area (Å²) >= 11 is 0. The van der Waals surface area contributed by atoms with Crippen LogP contribution in [-0.2, 0) is 4.79 Å². The van der Waals surface area contributed by atoms with Gasteiger partial charge in [-0.25, -0.2) is 0 Å². The van der Waals surface area contributed by atoms with Gasteiger partial charge in [-0.05, 0) is 38.3 Å². The van der Waals surface area contributed by atoms with Crippen molar-refractivity contribution in [2.45, 2.75) is 45.6 Å². The van der Waals surface area contributed by atoms with Crippen molar-refractivity contribution < 1.29 is 4.79 Å². The fourth-order valence-electron chi connectivity index (χ4n) is 2.35. The van der Waals surface area contributed by atoms with Crippen molar-refractivity contribution in [2.75, 3.05) is 26.2 Å². The molecule has 0 aromatic rings. The second-order valence-electron chi connectivity index (χ2n) is 5.43. The highest BCUT2D eigenvalue weighted by molar-refractivity contribution is 5.76. The van der Waals surface area contributed by atoms with E-state index in [0.29, 0.717) is 18.9 Å². The Morgan fingerprint density at radius 3 is 2.53 bits per heavy atom. The minimum atomic E-state index is 0.140. The molecule has 0 aromatic carbocycles. The molecule has 0 radical (unpaired) electrons. The fraction of sp³-hybridized carbons (Fsp3) is 0.923. The molecular formula is C13H27N3O. The number of hydrogen-bond donors (Lipinski definition) is 2. The van der Waals surface area contributed by atoms with Gasteiger partial charge in [0, 0.05) is 25.6 Å². The van der Waals surface area contributed by atoms with E-state index in [4.69, 9.17) is 5.73 Å². The standard InChI is InChI=1S/C13H27N3O/c1-11(2)9-12(10-14)15-13(17)5-8-16-6-3-4-7-16/h11-12H,3-10,14H2,1-2H3,(H,15,17). The Hall–Kier alpha value is -0.610. The van der Waals surface area contributed by atoms with Crippen LogP contribution in [0.25, 0.3) is 0 Å². The first-order valence-electron chi connectivity index (χ1n) is 6.83. The van der Waals surface area contributed by atoms with Gasteiger partial charge in [0.15, 0.2) is 0 Å². The lowest BCUT2D eigenvalue weighted by Gasteiger charge is -2.20. The molecule has 1 amide bonds. The molecule has 0 spiro atoms. The largest absolute Gasteiger partial charge is 0.352 e. The molecule has 0 bridgehead atoms. The van der Waals surface area contributed by atoms with Gasteiger partial charge in [-0.1, -0.05) is 13.8 Å². The highest BCUT2D eigenvalue weighted by atomic mass is 16.1. The summed E-state index contributed by atoms with van der Waals surface area (Å²) in [6.45, 7) is 8.04. The summed E-state index contributed by atoms with van der Waals surface area (Å²) in [6, 6.07) is 0.140. The first-order valence-corrected chi connectivity index (χ1v) is 6.83. The molecule has 100 valence electrons. The molecule has 1 atom stereocenters. The quantitative estimate of drug-likeness (QED) is 0.698. The number of amides is 1. The van der Waals surface area contributed by atoms with Gasteiger partial charge in [-0.3, -0.25) is 4.79 Å². The Labute approximate surface area is 105 Å². The summed E-state index contributed by atoms with van der Waals surface area (Å²) in [5.74, 6) is 0.718. The summed E-state index contributed by atoms with van der Waals surface area (Å²) in [6.07, 6.45) is 4.13. The van der Waals surface area contributed by atoms with Crippen LogP contribution in [0.4, 0.5) is 0 Å². The predicted molar refractivity (Wildman–Crippen MR) is 70.7 cm³/mol. The van der Waals surface area contributed by atoms with E-state index in [1.165, 1.54) is 12.8 Å². The Kier molecular flexibility index (Phi) is 6.52. The molecule has 3 N–H and O–H groups in total. The van der Waals surface area contributed by atoms with Crippen LogP contribution in [0.2, 0.25) is 0 Å². The van der Waals surface area contributed by atoms with Crippen LogP contribution in [0.5, 0.6) is 0 Å². The molecule has 0 saturated carbocycles. The van der Waals surface area contributed by atoms with E-state index >= 15 is 0 Å². The first-order chi connectivity index (χ1) is 8.11. The number of nitrogens with zero attached hydrogens (tertiary/aromatic N) is 1. The van der Waals surface area contributed by atoms with Gasteiger partial charge in [0.05, 0.1) is 0 Å². The maximum Gasteiger partial charge on any atom is 0.221 e. The van der Waals surface area contributed by atoms with Gasteiger partial charge < -0.3 is 16.0 Å². The van der Waals surface area contributed by atoms with Crippen LogP contribution in [0.15, 0.2) is 0 Å². The van der Waals surface area contributed by atoms with E-state index < -0.39 is 0 Å². The molecule has 1 aliphatic rings. The zero-order valence-corrected chi connectivity index (χ0v) is 11.2. The Morgan fingerprint density at radius 2 is 2.00 bits per heavy atom. The van der Waals surface area contributed by atoms with Crippen molar-refractivity contribution in [2.24, 2.45) is 11.7 Å². The lowest BCUT2D eigenvalue weighted by Crippen LogP contribution is -2.42. The number of nitrogens with two attached hydrogens (primary N) is 1. The molecule has 17 heavy (non-hydrogen) atoms. The summed E-state index contributed by atoms with van der Waals surface area (Å²) in [5, 5.41) is 3.03. The normalized spacial score (nSPS) is 18.6. The first kappa shape index (κ1) is 14.5. The number of rotatable bonds is 7. The third-order valence-electron chi connectivity index (χ3n) is 3.26. The van der Waals surface area contributed by atoms with E-state index in [0.717, 1.165) is 26.1 Å². The summed E-state index contributed by atoms with van der Waals surface area (Å²) in [4.78, 5) is 14.1. The van der Waals surface area contributed by atoms with Crippen LogP contribution in [-0.4, -0.2) is 43.0 Å². The average Bonchev–Trinajstić information content (AvgIpc) is 2.77. The number of carbonyl (C=O) groups excluding carboxylic acids is 1. The molecule has 1 saturated heterocycles. The monoisotopic (exact) mass is 241 g/mol. The van der Waals surface area contributed by atoms with Gasteiger partial charge in [-0.15, -0.1) is 0 Å². The van der Waals surface area contributed by atoms with Crippen LogP contribution in [0.1, 0.15) is 39.5 Å². The smallest absolute Gasteiger partial charge is 0.221 e. The molecule has 1 unspecified atom stereocenters. The molecule has 0 aromatic heterocycles. The summed E-state index contributed by atoms with van der Waals surface area (Å²) in [5.41, 5.74) is 5.66. The topological polar surface area (TPSA) is 58.4 Å². The number of hydrogen-bond acceptors (Lipinski definition) is 3. The maximum absolute atomic E-state index is 11.8. The number of carbonyl (C=O) groups is 1. The van der Waals surface area contributed by atoms with E-state index in [1.54, 1.807) is 0 Å². The SMILES string of the molecule is CC(C)CC(CN)NC(=O)CCN1CCCC1. The van der Waals surface area contributed by atoms with Crippen molar-refractivity contribution in [3.8, 4) is 0 Å². The van der Waals surface area contributed by atoms with Crippen LogP contribution in [0, 0.1) is 5.92 Å². The fourth-order valence-corrected chi connectivity index (χ4v) is 2.35. The third kappa shape index (κ3) is 6.03. The third-order valence-corrected chi connectivity index (χ3v) is 3.26. The van der Waals surface area contributed by atoms with E-state index in [-0.39, 0.29) is 11.9 Å². The highest BCUT2D eigenvalue weighted by Gasteiger charge is 2.15. The molecule has 0 aliphatic carbocycles. The zero-order valence-electron chi connectivity index (χ0n) is 11.2. The Balaban J connectivity index is 2.17. The van der Waals surface area contributed by atoms with Crippen LogP contribution >= 0.6 is 0 Å². The Morgan fingerprint density at radius 1 is 1.35 bits per heavy atom. The van der Waals surface area contributed by atoms with E-state index in [9.17, 15) is 4.79 Å². The maximum atomic E-state index is 11.8. The van der Waals surface area contributed by atoms with Crippen molar-refractivity contribution in [1.29, 1.82) is 0 Å². The molecule has 1 rings (SSSR count). The predicted octanol–water partition coefficient (Wildman–Crippen LogP) is 0.962. The van der Waals surface area contributed by atoms with Gasteiger partial charge in [-0.2, -0.15) is 0 Å². The van der Waals surface area contributed by atoms with Crippen LogP contribution < -0.4 is 11.1 Å². The second kappa shape index (κ2) is 7.67. The number of nitrogens with one attached hydrogen (secondary N) is 1. The van der Waals surface area contributed by atoms with Gasteiger partial charge in [0.2, 0.25) is 5.91 Å². The summed E-state index contributed by atoms with van der Waals surface area (Å²) in [7, 11) is 0. The molecular weight excluding hydrogens is 214 g/mol. The minimum Gasteiger partial charge on any atom is -0.352 e. The average molecular weight is 241 g/mol. The lowest BCUT2D eigenvalue weighted by molar-refractivity contribution is -0.122. The van der Waals surface area contributed by atoms with E-state index in [2.05, 4.69) is 24.1 Å². The van der Waals surface area contributed by atoms with Crippen molar-refractivity contribution >= 4 is 5.91 Å². The number of likely N-dealkylation sites (tertiary alicyclic amines) is 1. The Bertz CT molecular complexity index is 225. The van der Waals surface area contributed by atoms with Crippen molar-refractivity contribution in [3.63, 3.8) is 0 Å². The van der Waals surface area contributed by atoms with Crippen LogP contribution in [0.3, 0.4) is 0 Å². The van der Waals surface area contributed by atoms with Crippen molar-refractivity contribution in [3.05, 3.63) is 0 Å². The molecule has 4 nitrogen and oxygen atoms in total. The zero-order chi connectivity index (χ0) is 12.7. The van der Waals surface area contributed by atoms with Crippen molar-refractivity contribution in [1.82, 2.24) is 10.2 Å². The van der Waals surface area contributed by atoms with E-state index in [1.807, 2.05) is 0 Å². The lowest BCUT2D eigenvalue weighted by atomic mass is 10.0. The highest BCUT2D eigenvalue weighted by Crippen LogP contribution is 2.08. The van der Waals surface area contributed by atoms with Gasteiger partial charge in [0.1, 0.15) is 0 Å². The minimum absolute atomic E-state index is 0.140. The molecule has 1 heterocycles. The second-order valence-corrected chi connectivity index (χ2v) is 5.43. The summed E-state index contributed by atoms with van der Waals surface area (Å²) < 4.78 is 0. The van der Waals surface area contributed by atoms with Gasteiger partial charge >= 0.3 is 0 Å².